The molecule has 0 aromatic carbocycles. The van der Waals surface area contributed by atoms with Gasteiger partial charge in [0.25, 0.3) is 0 Å². The molecule has 0 aromatic heterocycles. The number of nitrogens with zero attached hydrogens (tertiary/aromatic N) is 1. The van der Waals surface area contributed by atoms with E-state index in [-0.39, 0.29) is 5.79 Å². The maximum Gasteiger partial charge on any atom is 0.170 e. The van der Waals surface area contributed by atoms with Crippen LogP contribution in [-0.4, -0.2) is 55.6 Å². The molecule has 0 amide bonds. The van der Waals surface area contributed by atoms with Crippen LogP contribution in [0.4, 0.5) is 0 Å². The number of likely N-dealkylation sites (N-methyl/N-ethyl adjacent to an activating group) is 1. The Bertz CT molecular complexity index is 342. The van der Waals surface area contributed by atoms with Crippen molar-refractivity contribution in [2.75, 3.05) is 32.8 Å². The fourth-order valence-electron chi connectivity index (χ4n) is 4.43. The quantitative estimate of drug-likeness (QED) is 0.862. The van der Waals surface area contributed by atoms with Gasteiger partial charge in [0.05, 0.1) is 13.2 Å². The van der Waals surface area contributed by atoms with E-state index in [9.17, 15) is 0 Å². The van der Waals surface area contributed by atoms with Crippen molar-refractivity contribution in [2.24, 2.45) is 11.8 Å². The Kier molecular flexibility index (Phi) is 4.89. The lowest BCUT2D eigenvalue weighted by Gasteiger charge is -2.45. The normalized spacial score (nSPS) is 36.9. The van der Waals surface area contributed by atoms with Crippen molar-refractivity contribution in [3.8, 4) is 0 Å². The van der Waals surface area contributed by atoms with Crippen LogP contribution in [0.2, 0.25) is 0 Å². The molecule has 2 saturated heterocycles. The fraction of sp³-hybridized carbons (Fsp3) is 1.00. The van der Waals surface area contributed by atoms with Crippen molar-refractivity contribution >= 4 is 0 Å². The van der Waals surface area contributed by atoms with Gasteiger partial charge < -0.3 is 14.8 Å². The monoisotopic (exact) mass is 296 g/mol. The third-order valence-electron chi connectivity index (χ3n) is 5.77. The molecule has 1 spiro atoms. The van der Waals surface area contributed by atoms with Gasteiger partial charge in [0.1, 0.15) is 0 Å². The lowest BCUT2D eigenvalue weighted by Crippen LogP contribution is -2.57. The number of ether oxygens (including phenoxy) is 2. The predicted octanol–water partition coefficient (Wildman–Crippen LogP) is 2.24. The first-order valence-electron chi connectivity index (χ1n) is 8.89. The molecule has 3 rings (SSSR count). The van der Waals surface area contributed by atoms with E-state index in [0.29, 0.717) is 12.1 Å². The third kappa shape index (κ3) is 3.29. The second-order valence-corrected chi connectivity index (χ2v) is 7.37. The highest BCUT2D eigenvalue weighted by Gasteiger charge is 2.47. The summed E-state index contributed by atoms with van der Waals surface area (Å²) in [6.45, 7) is 12.0. The van der Waals surface area contributed by atoms with Crippen molar-refractivity contribution < 1.29 is 9.47 Å². The Morgan fingerprint density at radius 1 is 1.24 bits per heavy atom. The first-order valence-corrected chi connectivity index (χ1v) is 8.89. The van der Waals surface area contributed by atoms with E-state index < -0.39 is 0 Å². The van der Waals surface area contributed by atoms with Crippen molar-refractivity contribution in [2.45, 2.75) is 64.3 Å². The first-order chi connectivity index (χ1) is 10.1. The molecule has 4 heteroatoms. The summed E-state index contributed by atoms with van der Waals surface area (Å²) in [5, 5.41) is 3.71. The highest BCUT2D eigenvalue weighted by atomic mass is 16.7. The molecule has 2 heterocycles. The number of hydrogen-bond acceptors (Lipinski definition) is 4. The van der Waals surface area contributed by atoms with Crippen molar-refractivity contribution in [3.05, 3.63) is 0 Å². The molecule has 4 nitrogen and oxygen atoms in total. The predicted molar refractivity (Wildman–Crippen MR) is 84.3 cm³/mol. The minimum Gasteiger partial charge on any atom is -0.347 e. The SMILES string of the molecule is CCNC1CCC2(CC1N1CCC(C(C)C)C1)OCCO2. The molecule has 3 unspecified atom stereocenters. The average molecular weight is 296 g/mol. The van der Waals surface area contributed by atoms with Crippen LogP contribution in [0.15, 0.2) is 0 Å². The molecule has 1 saturated carbocycles. The molecule has 1 aliphatic carbocycles. The second kappa shape index (κ2) is 6.53. The van der Waals surface area contributed by atoms with Gasteiger partial charge in [-0.15, -0.1) is 0 Å². The zero-order valence-electron chi connectivity index (χ0n) is 13.9. The number of likely N-dealkylation sites (tertiary alicyclic amines) is 1. The number of rotatable bonds is 4. The van der Waals surface area contributed by atoms with E-state index in [1.165, 1.54) is 25.9 Å². The summed E-state index contributed by atoms with van der Waals surface area (Å²) in [5.41, 5.74) is 0. The van der Waals surface area contributed by atoms with Gasteiger partial charge in [-0.05, 0) is 37.8 Å². The van der Waals surface area contributed by atoms with Crippen molar-refractivity contribution in [3.63, 3.8) is 0 Å². The lowest BCUT2D eigenvalue weighted by atomic mass is 9.84. The summed E-state index contributed by atoms with van der Waals surface area (Å²) in [5.74, 6) is 1.38. The fourth-order valence-corrected chi connectivity index (χ4v) is 4.43. The number of nitrogens with one attached hydrogen (secondary N) is 1. The average Bonchev–Trinajstić information content (AvgIpc) is 3.11. The van der Waals surface area contributed by atoms with E-state index in [2.05, 4.69) is 31.0 Å². The molecule has 0 radical (unpaired) electrons. The van der Waals surface area contributed by atoms with Gasteiger partial charge in [-0.3, -0.25) is 4.90 Å². The Labute approximate surface area is 129 Å². The molecule has 1 N–H and O–H groups in total. The zero-order chi connectivity index (χ0) is 14.9. The zero-order valence-corrected chi connectivity index (χ0v) is 13.9. The summed E-state index contributed by atoms with van der Waals surface area (Å²) < 4.78 is 12.0. The Morgan fingerprint density at radius 3 is 2.62 bits per heavy atom. The van der Waals surface area contributed by atoms with Crippen LogP contribution in [0.1, 0.15) is 46.5 Å². The molecule has 122 valence electrons. The van der Waals surface area contributed by atoms with Gasteiger partial charge in [-0.1, -0.05) is 20.8 Å². The summed E-state index contributed by atoms with van der Waals surface area (Å²) in [4.78, 5) is 2.71. The molecule has 3 aliphatic rings. The summed E-state index contributed by atoms with van der Waals surface area (Å²) in [7, 11) is 0. The van der Waals surface area contributed by atoms with Crippen molar-refractivity contribution in [1.29, 1.82) is 0 Å². The highest BCUT2D eigenvalue weighted by molar-refractivity contribution is 4.98. The second-order valence-electron chi connectivity index (χ2n) is 7.37. The van der Waals surface area contributed by atoms with Crippen LogP contribution >= 0.6 is 0 Å². The van der Waals surface area contributed by atoms with Crippen LogP contribution in [0.5, 0.6) is 0 Å². The van der Waals surface area contributed by atoms with Crippen LogP contribution < -0.4 is 5.32 Å². The molecule has 3 fully saturated rings. The maximum absolute atomic E-state index is 6.00. The van der Waals surface area contributed by atoms with Gasteiger partial charge in [0, 0.05) is 31.5 Å². The summed E-state index contributed by atoms with van der Waals surface area (Å²) >= 11 is 0. The molecular formula is C17H32N2O2. The van der Waals surface area contributed by atoms with E-state index in [4.69, 9.17) is 9.47 Å². The Morgan fingerprint density at radius 2 is 2.00 bits per heavy atom. The highest BCUT2D eigenvalue weighted by Crippen LogP contribution is 2.39. The van der Waals surface area contributed by atoms with Crippen LogP contribution in [0.3, 0.4) is 0 Å². The smallest absolute Gasteiger partial charge is 0.170 e. The van der Waals surface area contributed by atoms with Gasteiger partial charge >= 0.3 is 0 Å². The maximum atomic E-state index is 6.00. The van der Waals surface area contributed by atoms with Gasteiger partial charge in [-0.25, -0.2) is 0 Å². The van der Waals surface area contributed by atoms with E-state index in [1.807, 2.05) is 0 Å². The van der Waals surface area contributed by atoms with E-state index in [1.54, 1.807) is 0 Å². The Hall–Kier alpha value is -0.160. The van der Waals surface area contributed by atoms with Crippen LogP contribution in [0, 0.1) is 11.8 Å². The van der Waals surface area contributed by atoms with Crippen LogP contribution in [-0.2, 0) is 9.47 Å². The van der Waals surface area contributed by atoms with Gasteiger partial charge in [0.2, 0.25) is 0 Å². The lowest BCUT2D eigenvalue weighted by molar-refractivity contribution is -0.192. The molecular weight excluding hydrogens is 264 g/mol. The molecule has 21 heavy (non-hydrogen) atoms. The van der Waals surface area contributed by atoms with Gasteiger partial charge in [-0.2, -0.15) is 0 Å². The van der Waals surface area contributed by atoms with Crippen LogP contribution in [0.25, 0.3) is 0 Å². The molecule has 2 aliphatic heterocycles. The Balaban J connectivity index is 1.68. The van der Waals surface area contributed by atoms with E-state index >= 15 is 0 Å². The number of hydrogen-bond donors (Lipinski definition) is 1. The first kappa shape index (κ1) is 15.7. The third-order valence-corrected chi connectivity index (χ3v) is 5.77. The van der Waals surface area contributed by atoms with Crippen molar-refractivity contribution in [1.82, 2.24) is 10.2 Å². The molecule has 0 aromatic rings. The minimum absolute atomic E-state index is 0.271. The topological polar surface area (TPSA) is 33.7 Å². The van der Waals surface area contributed by atoms with E-state index in [0.717, 1.165) is 44.4 Å². The largest absolute Gasteiger partial charge is 0.347 e. The standard InChI is InChI=1S/C17H32N2O2/c1-4-18-15-5-7-17(20-9-10-21-17)11-16(15)19-8-6-14(12-19)13(2)3/h13-16,18H,4-12H2,1-3H3. The summed E-state index contributed by atoms with van der Waals surface area (Å²) in [6, 6.07) is 1.17. The van der Waals surface area contributed by atoms with Gasteiger partial charge in [0.15, 0.2) is 5.79 Å². The molecule has 0 bridgehead atoms. The minimum atomic E-state index is -0.271. The molecule has 3 atom stereocenters. The summed E-state index contributed by atoms with van der Waals surface area (Å²) in [6.07, 6.45) is 4.60.